The van der Waals surface area contributed by atoms with E-state index in [4.69, 9.17) is 0 Å². The Morgan fingerprint density at radius 3 is 2.71 bits per heavy atom. The van der Waals surface area contributed by atoms with Crippen LogP contribution in [0, 0.1) is 0 Å². The summed E-state index contributed by atoms with van der Waals surface area (Å²) in [6.45, 7) is 2.10. The maximum atomic E-state index is 11.1. The number of aromatic nitrogens is 1. The lowest BCUT2D eigenvalue weighted by atomic mass is 10.2. The van der Waals surface area contributed by atoms with Gasteiger partial charge in [0.1, 0.15) is 0 Å². The van der Waals surface area contributed by atoms with Crippen LogP contribution in [0.25, 0.3) is 0 Å². The number of hydrogen-bond donors (Lipinski definition) is 1. The molecule has 14 heavy (non-hydrogen) atoms. The molecule has 0 aromatic carbocycles. The van der Waals surface area contributed by atoms with E-state index in [-0.39, 0.29) is 5.75 Å². The van der Waals surface area contributed by atoms with Gasteiger partial charge in [-0.05, 0) is 25.0 Å². The number of nitrogens with one attached hydrogen (secondary N) is 1. The van der Waals surface area contributed by atoms with E-state index in [9.17, 15) is 8.42 Å². The van der Waals surface area contributed by atoms with Gasteiger partial charge in [-0.25, -0.2) is 13.1 Å². The van der Waals surface area contributed by atoms with Gasteiger partial charge in [0.15, 0.2) is 0 Å². The zero-order valence-electron chi connectivity index (χ0n) is 8.53. The topological polar surface area (TPSA) is 51.1 Å². The molecule has 1 N–H and O–H groups in total. The van der Waals surface area contributed by atoms with Crippen LogP contribution in [-0.4, -0.2) is 25.3 Å². The number of rotatable bonds is 5. The van der Waals surface area contributed by atoms with Crippen molar-refractivity contribution in [3.8, 4) is 0 Å². The molecule has 0 aliphatic heterocycles. The van der Waals surface area contributed by atoms with E-state index in [0.29, 0.717) is 6.54 Å². The van der Waals surface area contributed by atoms with Crippen molar-refractivity contribution in [2.75, 3.05) is 12.3 Å². The van der Waals surface area contributed by atoms with E-state index in [1.807, 2.05) is 30.1 Å². The molecule has 0 unspecified atom stereocenters. The third-order valence-corrected chi connectivity index (χ3v) is 3.41. The summed E-state index contributed by atoms with van der Waals surface area (Å²) in [5, 5.41) is 0. The first-order chi connectivity index (χ1) is 6.53. The van der Waals surface area contributed by atoms with E-state index in [1.165, 1.54) is 0 Å². The molecular weight excluding hydrogens is 200 g/mol. The standard InChI is InChI=1S/C9H16N2O2S/c1-3-14(12,13)10-6-4-9-5-7-11(2)8-9/h5,7-8,10H,3-4,6H2,1-2H3. The minimum atomic E-state index is -3.04. The molecule has 0 fully saturated rings. The Kier molecular flexibility index (Phi) is 3.71. The summed E-state index contributed by atoms with van der Waals surface area (Å²) >= 11 is 0. The molecule has 0 radical (unpaired) electrons. The molecule has 0 bridgehead atoms. The Morgan fingerprint density at radius 2 is 2.21 bits per heavy atom. The smallest absolute Gasteiger partial charge is 0.211 e. The molecule has 0 atom stereocenters. The van der Waals surface area contributed by atoms with Crippen molar-refractivity contribution in [3.05, 3.63) is 24.0 Å². The molecule has 0 amide bonds. The Bertz CT molecular complexity index is 381. The van der Waals surface area contributed by atoms with Crippen molar-refractivity contribution in [2.24, 2.45) is 7.05 Å². The number of sulfonamides is 1. The molecule has 80 valence electrons. The van der Waals surface area contributed by atoms with Gasteiger partial charge in [0, 0.05) is 26.0 Å². The Balaban J connectivity index is 2.36. The summed E-state index contributed by atoms with van der Waals surface area (Å²) in [5.74, 6) is 0.141. The largest absolute Gasteiger partial charge is 0.357 e. The number of aryl methyl sites for hydroxylation is 1. The van der Waals surface area contributed by atoms with Gasteiger partial charge in [-0.3, -0.25) is 0 Å². The predicted octanol–water partition coefficient (Wildman–Crippen LogP) is 0.507. The molecule has 1 aromatic rings. The highest BCUT2D eigenvalue weighted by Crippen LogP contribution is 1.99. The van der Waals surface area contributed by atoms with Crippen molar-refractivity contribution in [1.82, 2.24) is 9.29 Å². The molecule has 0 saturated carbocycles. The fraction of sp³-hybridized carbons (Fsp3) is 0.556. The van der Waals surface area contributed by atoms with Crippen LogP contribution in [0.3, 0.4) is 0 Å². The molecule has 1 aromatic heterocycles. The van der Waals surface area contributed by atoms with Gasteiger partial charge in [-0.15, -0.1) is 0 Å². The molecule has 0 spiro atoms. The monoisotopic (exact) mass is 216 g/mol. The SMILES string of the molecule is CCS(=O)(=O)NCCc1ccn(C)c1. The summed E-state index contributed by atoms with van der Waals surface area (Å²) in [4.78, 5) is 0. The van der Waals surface area contributed by atoms with Gasteiger partial charge in [0.05, 0.1) is 5.75 Å². The minimum absolute atomic E-state index is 0.141. The summed E-state index contributed by atoms with van der Waals surface area (Å²) in [7, 11) is -1.10. The van der Waals surface area contributed by atoms with Crippen LogP contribution in [0.15, 0.2) is 18.5 Å². The maximum Gasteiger partial charge on any atom is 0.211 e. The van der Waals surface area contributed by atoms with Crippen molar-refractivity contribution in [2.45, 2.75) is 13.3 Å². The molecule has 0 aliphatic carbocycles. The molecule has 1 rings (SSSR count). The average Bonchev–Trinajstić information content (AvgIpc) is 2.51. The summed E-state index contributed by atoms with van der Waals surface area (Å²) in [6.07, 6.45) is 4.67. The second kappa shape index (κ2) is 4.61. The van der Waals surface area contributed by atoms with Gasteiger partial charge in [-0.2, -0.15) is 0 Å². The number of nitrogens with zero attached hydrogens (tertiary/aromatic N) is 1. The van der Waals surface area contributed by atoms with Crippen LogP contribution in [0.1, 0.15) is 12.5 Å². The molecule has 4 nitrogen and oxygen atoms in total. The molecule has 1 heterocycles. The van der Waals surface area contributed by atoms with Crippen molar-refractivity contribution >= 4 is 10.0 Å². The zero-order chi connectivity index (χ0) is 10.6. The van der Waals surface area contributed by atoms with Crippen LogP contribution in [-0.2, 0) is 23.5 Å². The van der Waals surface area contributed by atoms with Crippen LogP contribution in [0.4, 0.5) is 0 Å². The Labute approximate surface area is 85.0 Å². The highest BCUT2D eigenvalue weighted by molar-refractivity contribution is 7.89. The summed E-state index contributed by atoms with van der Waals surface area (Å²) in [5.41, 5.74) is 1.14. The highest BCUT2D eigenvalue weighted by Gasteiger charge is 2.04. The zero-order valence-corrected chi connectivity index (χ0v) is 9.34. The highest BCUT2D eigenvalue weighted by atomic mass is 32.2. The third kappa shape index (κ3) is 3.51. The lowest BCUT2D eigenvalue weighted by Crippen LogP contribution is -2.27. The fourth-order valence-electron chi connectivity index (χ4n) is 1.16. The lowest BCUT2D eigenvalue weighted by molar-refractivity contribution is 0.583. The van der Waals surface area contributed by atoms with E-state index >= 15 is 0 Å². The molecule has 0 saturated heterocycles. The first kappa shape index (κ1) is 11.3. The van der Waals surface area contributed by atoms with Crippen molar-refractivity contribution in [3.63, 3.8) is 0 Å². The molecule has 0 aliphatic rings. The first-order valence-electron chi connectivity index (χ1n) is 4.61. The average molecular weight is 216 g/mol. The first-order valence-corrected chi connectivity index (χ1v) is 6.27. The minimum Gasteiger partial charge on any atom is -0.357 e. The van der Waals surface area contributed by atoms with Gasteiger partial charge in [0.25, 0.3) is 0 Å². The summed E-state index contributed by atoms with van der Waals surface area (Å²) in [6, 6.07) is 1.99. The van der Waals surface area contributed by atoms with E-state index in [2.05, 4.69) is 4.72 Å². The molecular formula is C9H16N2O2S. The van der Waals surface area contributed by atoms with Crippen LogP contribution >= 0.6 is 0 Å². The van der Waals surface area contributed by atoms with E-state index in [1.54, 1.807) is 6.92 Å². The van der Waals surface area contributed by atoms with E-state index < -0.39 is 10.0 Å². The lowest BCUT2D eigenvalue weighted by Gasteiger charge is -2.02. The Hall–Kier alpha value is -0.810. The van der Waals surface area contributed by atoms with Crippen LogP contribution in [0.2, 0.25) is 0 Å². The van der Waals surface area contributed by atoms with Gasteiger partial charge < -0.3 is 4.57 Å². The molecule has 5 heteroatoms. The van der Waals surface area contributed by atoms with Gasteiger partial charge in [0.2, 0.25) is 10.0 Å². The van der Waals surface area contributed by atoms with Crippen LogP contribution < -0.4 is 4.72 Å². The normalized spacial score (nSPS) is 11.9. The van der Waals surface area contributed by atoms with Crippen molar-refractivity contribution < 1.29 is 8.42 Å². The third-order valence-electron chi connectivity index (χ3n) is 2.01. The van der Waals surface area contributed by atoms with Gasteiger partial charge >= 0.3 is 0 Å². The van der Waals surface area contributed by atoms with Crippen molar-refractivity contribution in [1.29, 1.82) is 0 Å². The fourth-order valence-corrected chi connectivity index (χ4v) is 1.78. The van der Waals surface area contributed by atoms with Gasteiger partial charge in [-0.1, -0.05) is 0 Å². The summed E-state index contributed by atoms with van der Waals surface area (Å²) < 4.78 is 26.6. The predicted molar refractivity (Wildman–Crippen MR) is 56.6 cm³/mol. The number of hydrogen-bond acceptors (Lipinski definition) is 2. The van der Waals surface area contributed by atoms with E-state index in [0.717, 1.165) is 12.0 Å². The quantitative estimate of drug-likeness (QED) is 0.779. The van der Waals surface area contributed by atoms with Crippen LogP contribution in [0.5, 0.6) is 0 Å². The maximum absolute atomic E-state index is 11.1. The second-order valence-electron chi connectivity index (χ2n) is 3.23. The Morgan fingerprint density at radius 1 is 1.50 bits per heavy atom. The second-order valence-corrected chi connectivity index (χ2v) is 5.33.